The lowest BCUT2D eigenvalue weighted by molar-refractivity contribution is -0.137. The number of amides is 1. The highest BCUT2D eigenvalue weighted by molar-refractivity contribution is 6.36. The Kier molecular flexibility index (Phi) is 4.86. The molecule has 26 heavy (non-hydrogen) atoms. The van der Waals surface area contributed by atoms with E-state index in [-0.39, 0.29) is 17.7 Å². The maximum atomic E-state index is 12.9. The zero-order valence-corrected chi connectivity index (χ0v) is 15.2. The van der Waals surface area contributed by atoms with Crippen LogP contribution in [0.1, 0.15) is 27.3 Å². The Morgan fingerprint density at radius 1 is 1.38 bits per heavy atom. The first kappa shape index (κ1) is 18.2. The Balaban J connectivity index is 2.30. The van der Waals surface area contributed by atoms with Crippen molar-refractivity contribution in [3.63, 3.8) is 0 Å². The topological polar surface area (TPSA) is 94.3 Å². The minimum Gasteiger partial charge on any atom is -0.480 e. The predicted octanol–water partition coefficient (Wildman–Crippen LogP) is 3.32. The molecule has 132 valence electrons. The third kappa shape index (κ3) is 3.12. The van der Waals surface area contributed by atoms with Crippen molar-refractivity contribution in [2.24, 2.45) is 0 Å². The second-order valence-corrected chi connectivity index (χ2v) is 6.72. The van der Waals surface area contributed by atoms with Crippen molar-refractivity contribution in [2.75, 3.05) is 13.1 Å². The first-order valence-electron chi connectivity index (χ1n) is 7.73. The highest BCUT2D eigenvalue weighted by Gasteiger charge is 2.32. The average Bonchev–Trinajstić information content (AvgIpc) is 2.56. The van der Waals surface area contributed by atoms with Gasteiger partial charge in [0.05, 0.1) is 22.5 Å². The van der Waals surface area contributed by atoms with E-state index >= 15 is 0 Å². The number of aliphatic carboxylic acids is 1. The van der Waals surface area contributed by atoms with Crippen molar-refractivity contribution in [3.05, 3.63) is 50.8 Å². The van der Waals surface area contributed by atoms with E-state index in [2.05, 4.69) is 11.1 Å². The molecule has 6 nitrogen and oxygen atoms in total. The quantitative estimate of drug-likeness (QED) is 0.868. The van der Waals surface area contributed by atoms with E-state index in [0.717, 1.165) is 0 Å². The lowest BCUT2D eigenvalue weighted by atomic mass is 9.89. The molecule has 3 rings (SSSR count). The van der Waals surface area contributed by atoms with Crippen LogP contribution in [-0.2, 0) is 11.2 Å². The molecule has 1 aliphatic rings. The monoisotopic (exact) mass is 389 g/mol. The van der Waals surface area contributed by atoms with E-state index in [4.69, 9.17) is 28.3 Å². The van der Waals surface area contributed by atoms with E-state index in [9.17, 15) is 14.9 Å². The molecular weight excluding hydrogens is 377 g/mol. The standard InChI is InChI=1S/C18H13Cl2N3O3/c1-9-12(7-21)16(11-3-2-10(19)6-13(11)20)17-14(22-9)4-5-23(18(17)26)8-15(24)25/h2-3,6H,4-5,8H2,1H3,(H,24,25). The molecule has 1 N–H and O–H groups in total. The molecule has 0 aliphatic carbocycles. The van der Waals surface area contributed by atoms with Crippen LogP contribution in [0, 0.1) is 18.3 Å². The molecule has 0 atom stereocenters. The van der Waals surface area contributed by atoms with Crippen LogP contribution in [0.5, 0.6) is 0 Å². The molecule has 0 unspecified atom stereocenters. The van der Waals surface area contributed by atoms with E-state index in [1.54, 1.807) is 19.1 Å². The first-order chi connectivity index (χ1) is 12.3. The number of nitriles is 1. The van der Waals surface area contributed by atoms with Gasteiger partial charge in [0.2, 0.25) is 0 Å². The van der Waals surface area contributed by atoms with Gasteiger partial charge in [-0.2, -0.15) is 5.26 Å². The maximum absolute atomic E-state index is 12.9. The smallest absolute Gasteiger partial charge is 0.323 e. The molecule has 8 heteroatoms. The fourth-order valence-corrected chi connectivity index (χ4v) is 3.59. The van der Waals surface area contributed by atoms with Gasteiger partial charge in [-0.15, -0.1) is 0 Å². The molecule has 0 bridgehead atoms. The third-order valence-corrected chi connectivity index (χ3v) is 4.76. The summed E-state index contributed by atoms with van der Waals surface area (Å²) in [4.78, 5) is 29.6. The lowest BCUT2D eigenvalue weighted by Crippen LogP contribution is -2.41. The zero-order valence-electron chi connectivity index (χ0n) is 13.7. The second-order valence-electron chi connectivity index (χ2n) is 5.88. The fraction of sp³-hybridized carbons (Fsp3) is 0.222. The minimum absolute atomic E-state index is 0.226. The summed E-state index contributed by atoms with van der Waals surface area (Å²) in [6, 6.07) is 6.88. The molecular formula is C18H13Cl2N3O3. The molecule has 0 saturated carbocycles. The Morgan fingerprint density at radius 2 is 2.12 bits per heavy atom. The fourth-order valence-electron chi connectivity index (χ4n) is 3.09. The molecule has 1 aromatic carbocycles. The summed E-state index contributed by atoms with van der Waals surface area (Å²) in [5.41, 5.74) is 2.35. The number of carbonyl (C=O) groups excluding carboxylic acids is 1. The number of carbonyl (C=O) groups is 2. The van der Waals surface area contributed by atoms with E-state index in [1.807, 2.05) is 0 Å². The summed E-state index contributed by atoms with van der Waals surface area (Å²) >= 11 is 12.3. The van der Waals surface area contributed by atoms with Crippen LogP contribution >= 0.6 is 23.2 Å². The van der Waals surface area contributed by atoms with Crippen molar-refractivity contribution in [2.45, 2.75) is 13.3 Å². The average molecular weight is 390 g/mol. The SMILES string of the molecule is Cc1nc2c(c(-c3ccc(Cl)cc3Cl)c1C#N)C(=O)N(CC(=O)O)CC2. The van der Waals surface area contributed by atoms with Crippen LogP contribution in [-0.4, -0.2) is 40.0 Å². The molecule has 0 spiro atoms. The number of hydrogen-bond acceptors (Lipinski definition) is 4. The van der Waals surface area contributed by atoms with Gasteiger partial charge in [0, 0.05) is 34.1 Å². The van der Waals surface area contributed by atoms with Gasteiger partial charge in [-0.05, 0) is 19.1 Å². The van der Waals surface area contributed by atoms with Crippen molar-refractivity contribution in [3.8, 4) is 17.2 Å². The summed E-state index contributed by atoms with van der Waals surface area (Å²) in [5, 5.41) is 19.4. The summed E-state index contributed by atoms with van der Waals surface area (Å²) < 4.78 is 0. The van der Waals surface area contributed by atoms with Crippen molar-refractivity contribution in [1.29, 1.82) is 5.26 Å². The van der Waals surface area contributed by atoms with E-state index < -0.39 is 18.4 Å². The Hall–Kier alpha value is -2.62. The number of carboxylic acids is 1. The number of nitrogens with zero attached hydrogens (tertiary/aromatic N) is 3. The number of aryl methyl sites for hydroxylation is 1. The Morgan fingerprint density at radius 3 is 2.73 bits per heavy atom. The molecule has 1 aromatic heterocycles. The molecule has 0 fully saturated rings. The molecule has 2 aromatic rings. The second kappa shape index (κ2) is 6.94. The van der Waals surface area contributed by atoms with E-state index in [0.29, 0.717) is 39.0 Å². The number of aromatic nitrogens is 1. The highest BCUT2D eigenvalue weighted by Crippen LogP contribution is 2.38. The van der Waals surface area contributed by atoms with Crippen LogP contribution in [0.25, 0.3) is 11.1 Å². The van der Waals surface area contributed by atoms with Crippen LogP contribution in [0.3, 0.4) is 0 Å². The summed E-state index contributed by atoms with van der Waals surface area (Å²) in [6.45, 7) is 1.53. The van der Waals surface area contributed by atoms with Gasteiger partial charge in [0.25, 0.3) is 5.91 Å². The largest absolute Gasteiger partial charge is 0.480 e. The van der Waals surface area contributed by atoms with Crippen molar-refractivity contribution < 1.29 is 14.7 Å². The molecule has 0 radical (unpaired) electrons. The molecule has 1 aliphatic heterocycles. The number of pyridine rings is 1. The van der Waals surface area contributed by atoms with Gasteiger partial charge < -0.3 is 10.0 Å². The van der Waals surface area contributed by atoms with Crippen LogP contribution in [0.4, 0.5) is 0 Å². The van der Waals surface area contributed by atoms with Crippen molar-refractivity contribution >= 4 is 35.1 Å². The number of carboxylic acid groups (broad SMARTS) is 1. The summed E-state index contributed by atoms with van der Waals surface area (Å²) in [6.07, 6.45) is 0.402. The van der Waals surface area contributed by atoms with Gasteiger partial charge >= 0.3 is 5.97 Å². The number of fused-ring (bicyclic) bond motifs is 1. The summed E-state index contributed by atoms with van der Waals surface area (Å²) in [7, 11) is 0. The van der Waals surface area contributed by atoms with Crippen LogP contribution in [0.2, 0.25) is 10.0 Å². The minimum atomic E-state index is -1.10. The van der Waals surface area contributed by atoms with Crippen LogP contribution in [0.15, 0.2) is 18.2 Å². The van der Waals surface area contributed by atoms with Gasteiger partial charge in [-0.3, -0.25) is 14.6 Å². The Labute approximate surface area is 159 Å². The number of rotatable bonds is 3. The lowest BCUT2D eigenvalue weighted by Gasteiger charge is -2.29. The molecule has 0 saturated heterocycles. The van der Waals surface area contributed by atoms with Gasteiger partial charge in [-0.1, -0.05) is 29.3 Å². The van der Waals surface area contributed by atoms with Crippen LogP contribution < -0.4 is 0 Å². The number of benzene rings is 1. The summed E-state index contributed by atoms with van der Waals surface area (Å²) in [5.74, 6) is -1.58. The zero-order chi connectivity index (χ0) is 19.0. The highest BCUT2D eigenvalue weighted by atomic mass is 35.5. The van der Waals surface area contributed by atoms with E-state index in [1.165, 1.54) is 11.0 Å². The van der Waals surface area contributed by atoms with Crippen molar-refractivity contribution in [1.82, 2.24) is 9.88 Å². The first-order valence-corrected chi connectivity index (χ1v) is 8.49. The Bertz CT molecular complexity index is 983. The van der Waals surface area contributed by atoms with Gasteiger partial charge in [-0.25, -0.2) is 0 Å². The predicted molar refractivity (Wildman–Crippen MR) is 96.4 cm³/mol. The van der Waals surface area contributed by atoms with Gasteiger partial charge in [0.15, 0.2) is 0 Å². The maximum Gasteiger partial charge on any atom is 0.323 e. The number of hydrogen-bond donors (Lipinski definition) is 1. The normalized spacial score (nSPS) is 13.3. The molecule has 2 heterocycles. The number of halogens is 2. The van der Waals surface area contributed by atoms with Gasteiger partial charge in [0.1, 0.15) is 12.6 Å². The third-order valence-electron chi connectivity index (χ3n) is 4.21. The molecule has 1 amide bonds.